The molecular formula is C16H20N4O3. The van der Waals surface area contributed by atoms with Gasteiger partial charge in [-0.25, -0.2) is 0 Å². The van der Waals surface area contributed by atoms with E-state index in [2.05, 4.69) is 10.4 Å². The van der Waals surface area contributed by atoms with Crippen molar-refractivity contribution >= 4 is 17.3 Å². The van der Waals surface area contributed by atoms with Gasteiger partial charge in [-0.1, -0.05) is 6.07 Å². The molecule has 0 unspecified atom stereocenters. The summed E-state index contributed by atoms with van der Waals surface area (Å²) in [4.78, 5) is 22.5. The van der Waals surface area contributed by atoms with Gasteiger partial charge in [-0.3, -0.25) is 19.6 Å². The molecule has 1 aromatic heterocycles. The lowest BCUT2D eigenvalue weighted by atomic mass is 10.1. The summed E-state index contributed by atoms with van der Waals surface area (Å²) < 4.78 is 1.78. The van der Waals surface area contributed by atoms with Crippen molar-refractivity contribution in [1.82, 2.24) is 9.78 Å². The van der Waals surface area contributed by atoms with Crippen molar-refractivity contribution in [1.29, 1.82) is 0 Å². The second-order valence-corrected chi connectivity index (χ2v) is 6.45. The molecule has 0 aliphatic heterocycles. The van der Waals surface area contributed by atoms with E-state index in [0.717, 1.165) is 5.56 Å². The Hall–Kier alpha value is -2.70. The second kappa shape index (κ2) is 6.20. The van der Waals surface area contributed by atoms with Crippen LogP contribution in [0, 0.1) is 17.0 Å². The molecule has 23 heavy (non-hydrogen) atoms. The highest BCUT2D eigenvalue weighted by atomic mass is 16.6. The number of aryl methyl sites for hydroxylation is 1. The van der Waals surface area contributed by atoms with Crippen LogP contribution in [-0.4, -0.2) is 20.6 Å². The molecule has 0 saturated heterocycles. The number of rotatable bonds is 4. The quantitative estimate of drug-likeness (QED) is 0.693. The van der Waals surface area contributed by atoms with E-state index in [1.807, 2.05) is 20.8 Å². The average molecular weight is 316 g/mol. The fraction of sp³-hybridized carbons (Fsp3) is 0.375. The van der Waals surface area contributed by atoms with Crippen LogP contribution in [0.3, 0.4) is 0 Å². The van der Waals surface area contributed by atoms with Gasteiger partial charge >= 0.3 is 0 Å². The Labute approximate surface area is 134 Å². The van der Waals surface area contributed by atoms with Gasteiger partial charge in [0, 0.05) is 17.8 Å². The molecule has 0 aliphatic rings. The molecule has 7 heteroatoms. The number of hydrogen-bond acceptors (Lipinski definition) is 4. The lowest BCUT2D eigenvalue weighted by Gasteiger charge is -2.18. The van der Waals surface area contributed by atoms with Gasteiger partial charge in [0.25, 0.3) is 5.69 Å². The molecule has 0 aliphatic carbocycles. The first-order valence-corrected chi connectivity index (χ1v) is 7.26. The maximum atomic E-state index is 12.1. The first kappa shape index (κ1) is 16.7. The molecule has 0 saturated carbocycles. The summed E-state index contributed by atoms with van der Waals surface area (Å²) in [5, 5.41) is 17.8. The van der Waals surface area contributed by atoms with Crippen LogP contribution in [0.2, 0.25) is 0 Å². The van der Waals surface area contributed by atoms with Crippen molar-refractivity contribution in [3.63, 3.8) is 0 Å². The summed E-state index contributed by atoms with van der Waals surface area (Å²) in [6, 6.07) is 4.69. The summed E-state index contributed by atoms with van der Waals surface area (Å²) in [5.41, 5.74) is 1.80. The number of aromatic nitrogens is 2. The Morgan fingerprint density at radius 1 is 1.39 bits per heavy atom. The second-order valence-electron chi connectivity index (χ2n) is 6.45. The number of amides is 1. The van der Waals surface area contributed by atoms with Crippen molar-refractivity contribution in [2.45, 2.75) is 39.7 Å². The number of nitrogens with zero attached hydrogens (tertiary/aromatic N) is 3. The molecular weight excluding hydrogens is 296 g/mol. The van der Waals surface area contributed by atoms with Gasteiger partial charge in [0.2, 0.25) is 5.91 Å². The number of carbonyl (C=O) groups is 1. The molecule has 1 amide bonds. The SMILES string of the molecule is Cc1cc(CC(=O)Nc2cnn(C(C)(C)C)c2)ccc1[N+](=O)[O-]. The number of carbonyl (C=O) groups excluding carboxylic acids is 1. The standard InChI is InChI=1S/C16H20N4O3/c1-11-7-12(5-6-14(11)20(22)23)8-15(21)18-13-9-17-19(10-13)16(2,3)4/h5-7,9-10H,8H2,1-4H3,(H,18,21). The first-order chi connectivity index (χ1) is 10.7. The van der Waals surface area contributed by atoms with Gasteiger partial charge in [0.15, 0.2) is 0 Å². The Morgan fingerprint density at radius 3 is 2.61 bits per heavy atom. The van der Waals surface area contributed by atoms with Crippen LogP contribution in [0.4, 0.5) is 11.4 Å². The number of nitro benzene ring substituents is 1. The number of hydrogen-bond donors (Lipinski definition) is 1. The van der Waals surface area contributed by atoms with E-state index in [9.17, 15) is 14.9 Å². The van der Waals surface area contributed by atoms with Crippen LogP contribution in [0.15, 0.2) is 30.6 Å². The van der Waals surface area contributed by atoms with E-state index < -0.39 is 4.92 Å². The minimum Gasteiger partial charge on any atom is -0.323 e. The largest absolute Gasteiger partial charge is 0.323 e. The summed E-state index contributed by atoms with van der Waals surface area (Å²) in [5.74, 6) is -0.188. The Bertz CT molecular complexity index is 744. The van der Waals surface area contributed by atoms with E-state index >= 15 is 0 Å². The Balaban J connectivity index is 2.04. The number of benzene rings is 1. The van der Waals surface area contributed by atoms with Gasteiger partial charge in [0.05, 0.1) is 28.8 Å². The highest BCUT2D eigenvalue weighted by molar-refractivity contribution is 5.92. The van der Waals surface area contributed by atoms with Gasteiger partial charge in [-0.15, -0.1) is 0 Å². The van der Waals surface area contributed by atoms with Crippen LogP contribution >= 0.6 is 0 Å². The summed E-state index contributed by atoms with van der Waals surface area (Å²) >= 11 is 0. The Kier molecular flexibility index (Phi) is 4.49. The van der Waals surface area contributed by atoms with Crippen LogP contribution in [0.1, 0.15) is 31.9 Å². The van der Waals surface area contributed by atoms with E-state index in [4.69, 9.17) is 0 Å². The fourth-order valence-corrected chi connectivity index (χ4v) is 2.18. The van der Waals surface area contributed by atoms with Crippen molar-refractivity contribution in [3.05, 3.63) is 51.8 Å². The van der Waals surface area contributed by atoms with E-state index in [1.54, 1.807) is 36.1 Å². The molecule has 7 nitrogen and oxygen atoms in total. The lowest BCUT2D eigenvalue weighted by molar-refractivity contribution is -0.385. The first-order valence-electron chi connectivity index (χ1n) is 7.26. The number of nitro groups is 1. The molecule has 1 aromatic carbocycles. The van der Waals surface area contributed by atoms with Gasteiger partial charge in [-0.05, 0) is 39.3 Å². The summed E-state index contributed by atoms with van der Waals surface area (Å²) in [7, 11) is 0. The van der Waals surface area contributed by atoms with Crippen molar-refractivity contribution in [2.75, 3.05) is 5.32 Å². The molecule has 0 spiro atoms. The molecule has 1 heterocycles. The van der Waals surface area contributed by atoms with Crippen LogP contribution in [0.25, 0.3) is 0 Å². The van der Waals surface area contributed by atoms with Crippen molar-refractivity contribution in [2.24, 2.45) is 0 Å². The van der Waals surface area contributed by atoms with Crippen molar-refractivity contribution in [3.8, 4) is 0 Å². The van der Waals surface area contributed by atoms with E-state index in [-0.39, 0.29) is 23.6 Å². The number of anilines is 1. The topological polar surface area (TPSA) is 90.1 Å². The smallest absolute Gasteiger partial charge is 0.272 e. The average Bonchev–Trinajstić information content (AvgIpc) is 2.86. The highest BCUT2D eigenvalue weighted by Gasteiger charge is 2.15. The summed E-state index contributed by atoms with van der Waals surface area (Å²) in [6.45, 7) is 7.72. The van der Waals surface area contributed by atoms with Crippen LogP contribution in [0.5, 0.6) is 0 Å². The maximum absolute atomic E-state index is 12.1. The van der Waals surface area contributed by atoms with Crippen molar-refractivity contribution < 1.29 is 9.72 Å². The third-order valence-corrected chi connectivity index (χ3v) is 3.38. The molecule has 2 rings (SSSR count). The van der Waals surface area contributed by atoms with Gasteiger partial charge in [0.1, 0.15) is 0 Å². The van der Waals surface area contributed by atoms with Crippen LogP contribution in [-0.2, 0) is 16.8 Å². The molecule has 2 aromatic rings. The highest BCUT2D eigenvalue weighted by Crippen LogP contribution is 2.20. The zero-order valence-corrected chi connectivity index (χ0v) is 13.7. The third-order valence-electron chi connectivity index (χ3n) is 3.38. The molecule has 0 radical (unpaired) electrons. The minimum atomic E-state index is -0.430. The minimum absolute atomic E-state index is 0.0561. The normalized spacial score (nSPS) is 11.3. The van der Waals surface area contributed by atoms with E-state index in [0.29, 0.717) is 11.3 Å². The van der Waals surface area contributed by atoms with E-state index in [1.165, 1.54) is 6.07 Å². The molecule has 0 fully saturated rings. The fourth-order valence-electron chi connectivity index (χ4n) is 2.18. The van der Waals surface area contributed by atoms with Crippen LogP contribution < -0.4 is 5.32 Å². The Morgan fingerprint density at radius 2 is 2.09 bits per heavy atom. The van der Waals surface area contributed by atoms with Gasteiger partial charge < -0.3 is 5.32 Å². The lowest BCUT2D eigenvalue weighted by Crippen LogP contribution is -2.22. The summed E-state index contributed by atoms with van der Waals surface area (Å²) in [6.07, 6.45) is 3.53. The predicted molar refractivity (Wildman–Crippen MR) is 87.4 cm³/mol. The molecule has 122 valence electrons. The molecule has 1 N–H and O–H groups in total. The third kappa shape index (κ3) is 4.15. The van der Waals surface area contributed by atoms with Gasteiger partial charge in [-0.2, -0.15) is 5.10 Å². The zero-order valence-electron chi connectivity index (χ0n) is 13.7. The molecule has 0 atom stereocenters. The number of nitrogens with one attached hydrogen (secondary N) is 1. The predicted octanol–water partition coefficient (Wildman–Crippen LogP) is 3.04. The maximum Gasteiger partial charge on any atom is 0.272 e. The molecule has 0 bridgehead atoms. The monoisotopic (exact) mass is 316 g/mol. The zero-order chi connectivity index (χ0) is 17.2.